The van der Waals surface area contributed by atoms with Gasteiger partial charge < -0.3 is 15.3 Å². The topological polar surface area (TPSA) is 109 Å². The molecule has 2 N–H and O–H groups in total. The molecule has 9 nitrogen and oxygen atoms in total. The number of benzene rings is 1. The third-order valence-corrected chi connectivity index (χ3v) is 7.06. The minimum atomic E-state index is -1.49. The van der Waals surface area contributed by atoms with Crippen molar-refractivity contribution in [3.05, 3.63) is 78.1 Å². The van der Waals surface area contributed by atoms with Crippen molar-refractivity contribution < 1.29 is 9.90 Å². The number of likely N-dealkylation sites (tertiary alicyclic amines) is 1. The molecular formula is C25H21N7O2S. The van der Waals surface area contributed by atoms with Crippen LogP contribution in [0.15, 0.2) is 72.5 Å². The zero-order valence-corrected chi connectivity index (χ0v) is 19.6. The van der Waals surface area contributed by atoms with E-state index in [0.717, 1.165) is 27.5 Å². The maximum absolute atomic E-state index is 12.5. The van der Waals surface area contributed by atoms with Gasteiger partial charge >= 0.3 is 0 Å². The average Bonchev–Trinajstić information content (AvgIpc) is 3.61. The van der Waals surface area contributed by atoms with Crippen molar-refractivity contribution in [2.75, 3.05) is 18.9 Å². The zero-order chi connectivity index (χ0) is 24.0. The maximum atomic E-state index is 12.5. The first-order valence-electron chi connectivity index (χ1n) is 11.1. The van der Waals surface area contributed by atoms with Gasteiger partial charge in [-0.1, -0.05) is 24.3 Å². The predicted molar refractivity (Wildman–Crippen MR) is 133 cm³/mol. The summed E-state index contributed by atoms with van der Waals surface area (Å²) in [5, 5.41) is 21.3. The number of likely N-dealkylation sites (N-methyl/N-ethyl adjacent to an activating group) is 1. The zero-order valence-electron chi connectivity index (χ0n) is 18.8. The van der Waals surface area contributed by atoms with E-state index in [9.17, 15) is 9.90 Å². The summed E-state index contributed by atoms with van der Waals surface area (Å²) < 4.78 is 1.78. The minimum Gasteiger partial charge on any atom is -0.375 e. The Balaban J connectivity index is 1.27. The molecule has 35 heavy (non-hydrogen) atoms. The van der Waals surface area contributed by atoms with Crippen molar-refractivity contribution >= 4 is 34.4 Å². The van der Waals surface area contributed by atoms with Crippen LogP contribution >= 0.6 is 11.3 Å². The highest BCUT2D eigenvalue weighted by Crippen LogP contribution is 2.35. The van der Waals surface area contributed by atoms with Crippen LogP contribution in [0.25, 0.3) is 27.5 Å². The van der Waals surface area contributed by atoms with Gasteiger partial charge in [0.05, 0.1) is 23.1 Å². The Morgan fingerprint density at radius 1 is 1.11 bits per heavy atom. The largest absolute Gasteiger partial charge is 0.375 e. The van der Waals surface area contributed by atoms with E-state index in [-0.39, 0.29) is 5.91 Å². The molecule has 0 saturated carbocycles. The Morgan fingerprint density at radius 2 is 2.03 bits per heavy atom. The molecule has 5 heterocycles. The Kier molecular flexibility index (Phi) is 5.05. The van der Waals surface area contributed by atoms with Crippen LogP contribution in [-0.2, 0) is 10.4 Å². The molecule has 0 unspecified atom stereocenters. The van der Waals surface area contributed by atoms with Gasteiger partial charge in [-0.2, -0.15) is 5.10 Å². The van der Waals surface area contributed by atoms with E-state index < -0.39 is 5.60 Å². The molecule has 10 heteroatoms. The van der Waals surface area contributed by atoms with Crippen LogP contribution in [0.2, 0.25) is 0 Å². The molecule has 174 valence electrons. The molecule has 5 aromatic rings. The van der Waals surface area contributed by atoms with E-state index in [2.05, 4.69) is 20.4 Å². The SMILES string of the molecule is CN1CC[C@@](O)(c2cccc(-c3csc(-c4ccnc(Nc5cnn6ccccc56)n4)n3)c2)C1=O. The third-order valence-electron chi connectivity index (χ3n) is 6.20. The van der Waals surface area contributed by atoms with E-state index in [1.165, 1.54) is 11.3 Å². The van der Waals surface area contributed by atoms with Gasteiger partial charge in [-0.05, 0) is 29.8 Å². The molecule has 1 aromatic carbocycles. The Labute approximate surface area is 204 Å². The molecule has 0 aliphatic carbocycles. The molecule has 0 bridgehead atoms. The van der Waals surface area contributed by atoms with Crippen LogP contribution < -0.4 is 5.32 Å². The van der Waals surface area contributed by atoms with Crippen molar-refractivity contribution in [1.82, 2.24) is 29.5 Å². The number of hydrogen-bond acceptors (Lipinski definition) is 8. The Bertz CT molecular complexity index is 1560. The van der Waals surface area contributed by atoms with Crippen LogP contribution in [0.1, 0.15) is 12.0 Å². The van der Waals surface area contributed by atoms with Gasteiger partial charge in [0.1, 0.15) is 10.7 Å². The number of carbonyl (C=O) groups is 1. The summed E-state index contributed by atoms with van der Waals surface area (Å²) in [6.07, 6.45) is 5.68. The van der Waals surface area contributed by atoms with E-state index in [1.807, 2.05) is 54.0 Å². The second-order valence-electron chi connectivity index (χ2n) is 8.43. The number of nitrogens with zero attached hydrogens (tertiary/aromatic N) is 6. The van der Waals surface area contributed by atoms with Gasteiger partial charge in [-0.25, -0.2) is 19.5 Å². The monoisotopic (exact) mass is 483 g/mol. The molecule has 1 aliphatic rings. The van der Waals surface area contributed by atoms with Gasteiger partial charge in [0, 0.05) is 43.4 Å². The summed E-state index contributed by atoms with van der Waals surface area (Å²) in [5.41, 5.74) is 3.11. The highest BCUT2D eigenvalue weighted by Gasteiger charge is 2.45. The van der Waals surface area contributed by atoms with Crippen molar-refractivity contribution in [3.63, 3.8) is 0 Å². The van der Waals surface area contributed by atoms with Gasteiger partial charge in [0.2, 0.25) is 5.95 Å². The molecule has 6 rings (SSSR count). The van der Waals surface area contributed by atoms with Gasteiger partial charge in [0.15, 0.2) is 5.60 Å². The average molecular weight is 484 g/mol. The Morgan fingerprint density at radius 3 is 2.89 bits per heavy atom. The lowest BCUT2D eigenvalue weighted by atomic mass is 9.90. The number of carbonyl (C=O) groups excluding carboxylic acids is 1. The van der Waals surface area contributed by atoms with Crippen molar-refractivity contribution in [3.8, 4) is 22.0 Å². The van der Waals surface area contributed by atoms with Crippen molar-refractivity contribution in [2.24, 2.45) is 0 Å². The second kappa shape index (κ2) is 8.26. The fourth-order valence-corrected chi connectivity index (χ4v) is 5.07. The van der Waals surface area contributed by atoms with Crippen LogP contribution in [0.4, 0.5) is 11.6 Å². The van der Waals surface area contributed by atoms with E-state index >= 15 is 0 Å². The molecule has 1 saturated heterocycles. The third kappa shape index (κ3) is 3.72. The number of fused-ring (bicyclic) bond motifs is 1. The highest BCUT2D eigenvalue weighted by atomic mass is 32.1. The van der Waals surface area contributed by atoms with Gasteiger partial charge in [-0.3, -0.25) is 4.79 Å². The summed E-state index contributed by atoms with van der Waals surface area (Å²) in [6.45, 7) is 0.528. The van der Waals surface area contributed by atoms with Crippen molar-refractivity contribution in [2.45, 2.75) is 12.0 Å². The number of amides is 1. The fraction of sp³-hybridized carbons (Fsp3) is 0.160. The fourth-order valence-electron chi connectivity index (χ4n) is 4.27. The normalized spacial score (nSPS) is 17.9. The standard InChI is InChI=1S/C25H21N7O2S/c1-31-12-9-25(34,23(31)33)17-6-4-5-16(13-17)20-15-35-22(28-20)18-8-10-26-24(29-18)30-19-14-27-32-11-3-2-7-21(19)32/h2-8,10-11,13-15,34H,9,12H2,1H3,(H,26,29,30)/t25-/m1/s1. The summed E-state index contributed by atoms with van der Waals surface area (Å²) in [6, 6.07) is 15.0. The number of aromatic nitrogens is 5. The first-order chi connectivity index (χ1) is 17.0. The lowest BCUT2D eigenvalue weighted by Gasteiger charge is -2.21. The summed E-state index contributed by atoms with van der Waals surface area (Å²) in [7, 11) is 1.71. The first kappa shape index (κ1) is 21.4. The smallest absolute Gasteiger partial charge is 0.258 e. The van der Waals surface area contributed by atoms with Crippen LogP contribution in [0.3, 0.4) is 0 Å². The maximum Gasteiger partial charge on any atom is 0.258 e. The quantitative estimate of drug-likeness (QED) is 0.392. The molecule has 0 radical (unpaired) electrons. The van der Waals surface area contributed by atoms with Crippen LogP contribution in [0, 0.1) is 0 Å². The van der Waals surface area contributed by atoms with Crippen molar-refractivity contribution in [1.29, 1.82) is 0 Å². The minimum absolute atomic E-state index is 0.277. The lowest BCUT2D eigenvalue weighted by molar-refractivity contribution is -0.143. The number of aliphatic hydroxyl groups is 1. The molecular weight excluding hydrogens is 462 g/mol. The molecule has 1 fully saturated rings. The summed E-state index contributed by atoms with van der Waals surface area (Å²) >= 11 is 1.47. The lowest BCUT2D eigenvalue weighted by Crippen LogP contribution is -2.36. The van der Waals surface area contributed by atoms with E-state index in [4.69, 9.17) is 4.98 Å². The Hall–Kier alpha value is -4.15. The molecule has 1 atom stereocenters. The van der Waals surface area contributed by atoms with E-state index in [0.29, 0.717) is 30.2 Å². The van der Waals surface area contributed by atoms with Gasteiger partial charge in [0.25, 0.3) is 5.91 Å². The number of anilines is 2. The van der Waals surface area contributed by atoms with Crippen LogP contribution in [-0.4, -0.2) is 54.1 Å². The second-order valence-corrected chi connectivity index (χ2v) is 9.29. The number of pyridine rings is 1. The summed E-state index contributed by atoms with van der Waals surface area (Å²) in [5.74, 6) is 0.173. The summed E-state index contributed by atoms with van der Waals surface area (Å²) in [4.78, 5) is 27.8. The number of nitrogens with one attached hydrogen (secondary N) is 1. The molecule has 4 aromatic heterocycles. The number of hydrogen-bond donors (Lipinski definition) is 2. The predicted octanol–water partition coefficient (Wildman–Crippen LogP) is 3.71. The highest BCUT2D eigenvalue weighted by molar-refractivity contribution is 7.13. The molecule has 0 spiro atoms. The first-order valence-corrected chi connectivity index (χ1v) is 12.0. The van der Waals surface area contributed by atoms with E-state index in [1.54, 1.807) is 34.9 Å². The van der Waals surface area contributed by atoms with Gasteiger partial charge in [-0.15, -0.1) is 11.3 Å². The molecule has 1 amide bonds. The van der Waals surface area contributed by atoms with Crippen LogP contribution in [0.5, 0.6) is 0 Å². The number of thiazole rings is 1. The number of rotatable bonds is 5. The molecule has 1 aliphatic heterocycles.